The maximum absolute atomic E-state index is 5.74. The highest BCUT2D eigenvalue weighted by Gasteiger charge is 2.08. The van der Waals surface area contributed by atoms with Gasteiger partial charge < -0.3 is 10.2 Å². The fraction of sp³-hybridized carbons (Fsp3) is 0.500. The Balaban J connectivity index is 2.61. The molecule has 0 amide bonds. The van der Waals surface area contributed by atoms with Crippen LogP contribution < -0.4 is 5.32 Å². The number of hydrogen-bond acceptors (Lipinski definition) is 3. The van der Waals surface area contributed by atoms with Crippen molar-refractivity contribution in [1.29, 1.82) is 0 Å². The molecule has 78 valence electrons. The van der Waals surface area contributed by atoms with Crippen molar-refractivity contribution in [3.63, 3.8) is 0 Å². The molecule has 1 heterocycles. The van der Waals surface area contributed by atoms with Gasteiger partial charge in [-0.1, -0.05) is 11.6 Å². The van der Waals surface area contributed by atoms with E-state index in [1.807, 2.05) is 7.05 Å². The third-order valence-corrected chi connectivity index (χ3v) is 3.32. The maximum atomic E-state index is 5.74. The normalized spacial score (nSPS) is 9.93. The van der Waals surface area contributed by atoms with Crippen LogP contribution in [0, 0.1) is 0 Å². The van der Waals surface area contributed by atoms with E-state index >= 15 is 0 Å². The van der Waals surface area contributed by atoms with Crippen molar-refractivity contribution in [1.82, 2.24) is 15.2 Å². The van der Waals surface area contributed by atoms with Gasteiger partial charge in [0.15, 0.2) is 9.58 Å². The molecule has 0 fully saturated rings. The lowest BCUT2D eigenvalue weighted by Crippen LogP contribution is -2.36. The Kier molecular flexibility index (Phi) is 4.57. The van der Waals surface area contributed by atoms with Crippen molar-refractivity contribution in [3.8, 4) is 0 Å². The van der Waals surface area contributed by atoms with E-state index in [1.54, 1.807) is 6.20 Å². The molecule has 0 aliphatic carbocycles. The fourth-order valence-electron chi connectivity index (χ4n) is 1.03. The third-order valence-electron chi connectivity index (χ3n) is 1.75. The van der Waals surface area contributed by atoms with E-state index in [9.17, 15) is 0 Å². The first-order chi connectivity index (χ1) is 6.67. The van der Waals surface area contributed by atoms with Crippen LogP contribution >= 0.6 is 35.2 Å². The van der Waals surface area contributed by atoms with Gasteiger partial charge in [-0.15, -0.1) is 11.3 Å². The number of thiocarbonyl (C=S) groups is 1. The van der Waals surface area contributed by atoms with Gasteiger partial charge in [0.1, 0.15) is 0 Å². The number of hydrogen-bond donors (Lipinski definition) is 1. The molecular weight excluding hydrogens is 238 g/mol. The number of halogens is 1. The highest BCUT2D eigenvalue weighted by molar-refractivity contribution is 7.80. The Morgan fingerprint density at radius 1 is 1.79 bits per heavy atom. The van der Waals surface area contributed by atoms with Crippen molar-refractivity contribution >= 4 is 40.3 Å². The van der Waals surface area contributed by atoms with Crippen molar-refractivity contribution in [2.75, 3.05) is 13.6 Å². The summed E-state index contributed by atoms with van der Waals surface area (Å²) in [6, 6.07) is 0. The Hall–Kier alpha value is -0.390. The van der Waals surface area contributed by atoms with E-state index < -0.39 is 0 Å². The first-order valence-electron chi connectivity index (χ1n) is 4.24. The summed E-state index contributed by atoms with van der Waals surface area (Å²) in [5.74, 6) is 0. The maximum Gasteiger partial charge on any atom is 0.183 e. The number of nitrogens with zero attached hydrogens (tertiary/aromatic N) is 2. The third kappa shape index (κ3) is 3.08. The molecule has 0 radical (unpaired) electrons. The molecule has 1 aromatic rings. The van der Waals surface area contributed by atoms with Gasteiger partial charge in [0.05, 0.1) is 6.54 Å². The van der Waals surface area contributed by atoms with E-state index in [0.29, 0.717) is 4.47 Å². The molecule has 0 spiro atoms. The van der Waals surface area contributed by atoms with Crippen LogP contribution in [0.25, 0.3) is 0 Å². The molecule has 0 saturated heterocycles. The molecule has 0 aromatic carbocycles. The average molecular weight is 250 g/mol. The van der Waals surface area contributed by atoms with Crippen LogP contribution in [0.5, 0.6) is 0 Å². The predicted molar refractivity (Wildman–Crippen MR) is 64.9 cm³/mol. The second-order valence-electron chi connectivity index (χ2n) is 2.65. The highest BCUT2D eigenvalue weighted by Crippen LogP contribution is 2.19. The lowest BCUT2D eigenvalue weighted by atomic mass is 10.4. The Morgan fingerprint density at radius 3 is 2.93 bits per heavy atom. The molecule has 0 saturated carbocycles. The zero-order valence-electron chi connectivity index (χ0n) is 8.08. The van der Waals surface area contributed by atoms with Crippen LogP contribution in [-0.4, -0.2) is 28.6 Å². The minimum atomic E-state index is 0.575. The standard InChI is InChI=1S/C8H12ClN3S2/c1-3-12(8(13)10-2)5-6-4-11-7(9)14-6/h4H,3,5H2,1-2H3,(H,10,13). The Morgan fingerprint density at radius 2 is 2.50 bits per heavy atom. The van der Waals surface area contributed by atoms with Gasteiger partial charge in [-0.2, -0.15) is 0 Å². The number of nitrogens with one attached hydrogen (secondary N) is 1. The molecule has 3 nitrogen and oxygen atoms in total. The molecule has 0 aliphatic heterocycles. The lowest BCUT2D eigenvalue weighted by molar-refractivity contribution is 0.434. The zero-order chi connectivity index (χ0) is 10.6. The topological polar surface area (TPSA) is 28.2 Å². The van der Waals surface area contributed by atoms with Crippen LogP contribution in [0.3, 0.4) is 0 Å². The van der Waals surface area contributed by atoms with Gasteiger partial charge in [0.2, 0.25) is 0 Å². The summed E-state index contributed by atoms with van der Waals surface area (Å²) in [4.78, 5) is 7.16. The first-order valence-corrected chi connectivity index (χ1v) is 5.84. The molecule has 0 bridgehead atoms. The molecule has 0 aliphatic rings. The summed E-state index contributed by atoms with van der Waals surface area (Å²) in [7, 11) is 1.82. The zero-order valence-corrected chi connectivity index (χ0v) is 10.5. The summed E-state index contributed by atoms with van der Waals surface area (Å²) in [6.07, 6.45) is 1.79. The van der Waals surface area contributed by atoms with Gasteiger partial charge in [0, 0.05) is 24.7 Å². The quantitative estimate of drug-likeness (QED) is 0.831. The van der Waals surface area contributed by atoms with Crippen LogP contribution in [0.15, 0.2) is 6.20 Å². The summed E-state index contributed by atoms with van der Waals surface area (Å²) < 4.78 is 0.575. The van der Waals surface area contributed by atoms with E-state index in [-0.39, 0.29) is 0 Å². The van der Waals surface area contributed by atoms with E-state index in [4.69, 9.17) is 23.8 Å². The summed E-state index contributed by atoms with van der Waals surface area (Å²) >= 11 is 12.4. The van der Waals surface area contributed by atoms with Gasteiger partial charge in [-0.05, 0) is 19.1 Å². The molecule has 1 aromatic heterocycles. The van der Waals surface area contributed by atoms with Crippen molar-refractivity contribution in [2.24, 2.45) is 0 Å². The largest absolute Gasteiger partial charge is 0.366 e. The van der Waals surface area contributed by atoms with Gasteiger partial charge in [-0.3, -0.25) is 0 Å². The Bertz CT molecular complexity index is 313. The monoisotopic (exact) mass is 249 g/mol. The molecular formula is C8H12ClN3S2. The summed E-state index contributed by atoms with van der Waals surface area (Å²) in [5.41, 5.74) is 0. The number of rotatable bonds is 3. The van der Waals surface area contributed by atoms with Gasteiger partial charge in [-0.25, -0.2) is 4.98 Å². The highest BCUT2D eigenvalue weighted by atomic mass is 35.5. The summed E-state index contributed by atoms with van der Waals surface area (Å²) in [5, 5.41) is 3.70. The molecule has 14 heavy (non-hydrogen) atoms. The van der Waals surface area contributed by atoms with Crippen molar-refractivity contribution in [3.05, 3.63) is 15.5 Å². The van der Waals surface area contributed by atoms with Crippen LogP contribution in [0.1, 0.15) is 11.8 Å². The molecule has 1 rings (SSSR count). The van der Waals surface area contributed by atoms with Gasteiger partial charge >= 0.3 is 0 Å². The average Bonchev–Trinajstić information content (AvgIpc) is 2.59. The minimum Gasteiger partial charge on any atom is -0.366 e. The molecule has 0 atom stereocenters. The van der Waals surface area contributed by atoms with E-state index in [0.717, 1.165) is 23.1 Å². The fourth-order valence-corrected chi connectivity index (χ4v) is 2.22. The molecule has 6 heteroatoms. The van der Waals surface area contributed by atoms with Gasteiger partial charge in [0.25, 0.3) is 0 Å². The molecule has 1 N–H and O–H groups in total. The lowest BCUT2D eigenvalue weighted by Gasteiger charge is -2.21. The van der Waals surface area contributed by atoms with E-state index in [1.165, 1.54) is 11.3 Å². The van der Waals surface area contributed by atoms with Crippen LogP contribution in [-0.2, 0) is 6.54 Å². The van der Waals surface area contributed by atoms with Crippen molar-refractivity contribution < 1.29 is 0 Å². The first kappa shape index (κ1) is 11.7. The van der Waals surface area contributed by atoms with Crippen LogP contribution in [0.4, 0.5) is 0 Å². The summed E-state index contributed by atoms with van der Waals surface area (Å²) in [6.45, 7) is 3.70. The number of thiazole rings is 1. The number of aromatic nitrogens is 1. The van der Waals surface area contributed by atoms with Crippen molar-refractivity contribution in [2.45, 2.75) is 13.5 Å². The Labute approximate surface area is 98.1 Å². The minimum absolute atomic E-state index is 0.575. The second kappa shape index (κ2) is 5.48. The van der Waals surface area contributed by atoms with E-state index in [2.05, 4.69) is 22.1 Å². The van der Waals surface area contributed by atoms with Crippen LogP contribution in [0.2, 0.25) is 4.47 Å². The SMILES string of the molecule is CCN(Cc1cnc(Cl)s1)C(=S)NC. The molecule has 0 unspecified atom stereocenters. The predicted octanol–water partition coefficient (Wildman–Crippen LogP) is 2.12. The smallest absolute Gasteiger partial charge is 0.183 e. The second-order valence-corrected chi connectivity index (χ2v) is 4.73.